The molecule has 0 unspecified atom stereocenters. The van der Waals surface area contributed by atoms with E-state index in [1.54, 1.807) is 10.0 Å². The normalized spacial score (nSPS) is 21.1. The Hall–Kier alpha value is -2.41. The lowest BCUT2D eigenvalue weighted by Crippen LogP contribution is -2.69. The molecule has 2 rings (SSSR count). The number of nitrogens with zero attached hydrogens (tertiary/aromatic N) is 2. The quantitative estimate of drug-likeness (QED) is 0.496. The second-order valence-electron chi connectivity index (χ2n) is 9.08. The van der Waals surface area contributed by atoms with Crippen LogP contribution in [0.4, 0.5) is 0 Å². The van der Waals surface area contributed by atoms with Crippen LogP contribution in [0.1, 0.15) is 76.8 Å². The Morgan fingerprint density at radius 1 is 1.03 bits per heavy atom. The van der Waals surface area contributed by atoms with Crippen LogP contribution in [0.25, 0.3) is 0 Å². The summed E-state index contributed by atoms with van der Waals surface area (Å²) in [4.78, 5) is 38.8. The Morgan fingerprint density at radius 2 is 1.67 bits per heavy atom. The lowest BCUT2D eigenvalue weighted by molar-refractivity contribution is -0.193. The Balaban J connectivity index is 2.41. The number of nitrogens with one attached hydrogen (secondary N) is 1. The summed E-state index contributed by atoms with van der Waals surface area (Å²) < 4.78 is 0. The van der Waals surface area contributed by atoms with E-state index in [1.165, 1.54) is 12.6 Å². The van der Waals surface area contributed by atoms with E-state index in [9.17, 15) is 19.5 Å². The van der Waals surface area contributed by atoms with E-state index in [0.29, 0.717) is 38.8 Å². The second kappa shape index (κ2) is 12.7. The van der Waals surface area contributed by atoms with Crippen LogP contribution in [-0.2, 0) is 27.2 Å². The molecule has 33 heavy (non-hydrogen) atoms. The topological polar surface area (TPSA) is 90.0 Å². The highest BCUT2D eigenvalue weighted by molar-refractivity contribution is 5.91. The maximum atomic E-state index is 13.2. The molecule has 0 saturated carbocycles. The van der Waals surface area contributed by atoms with Crippen molar-refractivity contribution in [3.63, 3.8) is 0 Å². The number of carbonyl (C=O) groups excluding carboxylic acids is 2. The molecule has 1 heterocycles. The standard InChI is InChI=1S/C26H41N3O4/c1-5-8-16-26(25(32)33)17-19-28(22(30)10-7-3)29(23(26)24(31)27-4)18-15-21-13-11-20(9-6-2)12-14-21/h11-14,23H,5-10,15-19H2,1-4H3,(H,27,31)(H,32,33)/t23-,26+/m1/s1. The minimum absolute atomic E-state index is 0.0563. The second-order valence-corrected chi connectivity index (χ2v) is 9.08. The third-order valence-corrected chi connectivity index (χ3v) is 6.74. The van der Waals surface area contributed by atoms with Gasteiger partial charge in [0.25, 0.3) is 0 Å². The summed E-state index contributed by atoms with van der Waals surface area (Å²) in [5, 5.41) is 16.4. The highest BCUT2D eigenvalue weighted by atomic mass is 16.4. The summed E-state index contributed by atoms with van der Waals surface area (Å²) in [6, 6.07) is 7.48. The van der Waals surface area contributed by atoms with Crippen molar-refractivity contribution in [1.29, 1.82) is 0 Å². The number of hydrazine groups is 1. The van der Waals surface area contributed by atoms with Crippen molar-refractivity contribution in [3.8, 4) is 0 Å². The van der Waals surface area contributed by atoms with Gasteiger partial charge in [0, 0.05) is 26.6 Å². The number of carboxylic acids is 1. The zero-order chi connectivity index (χ0) is 24.4. The number of benzene rings is 1. The van der Waals surface area contributed by atoms with Gasteiger partial charge in [-0.15, -0.1) is 0 Å². The first-order valence-electron chi connectivity index (χ1n) is 12.4. The van der Waals surface area contributed by atoms with E-state index < -0.39 is 17.4 Å². The minimum atomic E-state index is -1.22. The van der Waals surface area contributed by atoms with Crippen molar-refractivity contribution in [1.82, 2.24) is 15.3 Å². The molecule has 2 N–H and O–H groups in total. The Kier molecular flexibility index (Phi) is 10.4. The molecule has 1 aromatic rings. The molecule has 7 heteroatoms. The third kappa shape index (κ3) is 6.34. The fourth-order valence-corrected chi connectivity index (χ4v) is 4.87. The van der Waals surface area contributed by atoms with Crippen LogP contribution in [-0.4, -0.2) is 59.1 Å². The molecule has 0 aromatic heterocycles. The van der Waals surface area contributed by atoms with Gasteiger partial charge in [0.15, 0.2) is 0 Å². The number of amides is 2. The third-order valence-electron chi connectivity index (χ3n) is 6.74. The van der Waals surface area contributed by atoms with Gasteiger partial charge in [-0.05, 0) is 43.2 Å². The van der Waals surface area contributed by atoms with Crippen molar-refractivity contribution in [2.24, 2.45) is 5.41 Å². The summed E-state index contributed by atoms with van der Waals surface area (Å²) in [6.07, 6.45) is 6.07. The molecule has 1 aliphatic rings. The molecule has 0 radical (unpaired) electrons. The molecule has 2 amide bonds. The van der Waals surface area contributed by atoms with E-state index in [1.807, 2.05) is 13.8 Å². The van der Waals surface area contributed by atoms with Crippen molar-refractivity contribution in [2.75, 3.05) is 20.1 Å². The van der Waals surface area contributed by atoms with Crippen LogP contribution in [0.2, 0.25) is 0 Å². The van der Waals surface area contributed by atoms with Gasteiger partial charge in [-0.1, -0.05) is 64.3 Å². The van der Waals surface area contributed by atoms with Crippen LogP contribution >= 0.6 is 0 Å². The maximum Gasteiger partial charge on any atom is 0.311 e. The molecule has 1 aromatic carbocycles. The largest absolute Gasteiger partial charge is 0.481 e. The lowest BCUT2D eigenvalue weighted by Gasteiger charge is -2.51. The number of likely N-dealkylation sites (N-methyl/N-ethyl adjacent to an activating group) is 1. The van der Waals surface area contributed by atoms with Crippen LogP contribution < -0.4 is 5.32 Å². The minimum Gasteiger partial charge on any atom is -0.481 e. The number of aliphatic carboxylic acids is 1. The SMILES string of the molecule is CCCC[C@]1(C(=O)O)CCN(C(=O)CCC)N(CCc2ccc(CCC)cc2)[C@@H]1C(=O)NC. The zero-order valence-electron chi connectivity index (χ0n) is 20.7. The van der Waals surface area contributed by atoms with Crippen LogP contribution in [0, 0.1) is 5.41 Å². The summed E-state index contributed by atoms with van der Waals surface area (Å²) in [5.74, 6) is -1.36. The van der Waals surface area contributed by atoms with E-state index >= 15 is 0 Å². The molecular weight excluding hydrogens is 418 g/mol. The van der Waals surface area contributed by atoms with Gasteiger partial charge in [-0.3, -0.25) is 19.4 Å². The molecule has 1 fully saturated rings. The van der Waals surface area contributed by atoms with E-state index in [2.05, 4.69) is 36.5 Å². The smallest absolute Gasteiger partial charge is 0.311 e. The van der Waals surface area contributed by atoms with Gasteiger partial charge in [-0.25, -0.2) is 5.01 Å². The molecule has 7 nitrogen and oxygen atoms in total. The first-order chi connectivity index (χ1) is 15.8. The van der Waals surface area contributed by atoms with Crippen molar-refractivity contribution < 1.29 is 19.5 Å². The van der Waals surface area contributed by atoms with E-state index in [4.69, 9.17) is 0 Å². The molecule has 184 valence electrons. The fraction of sp³-hybridized carbons (Fsp3) is 0.654. The average Bonchev–Trinajstić information content (AvgIpc) is 2.81. The molecule has 0 bridgehead atoms. The predicted molar refractivity (Wildman–Crippen MR) is 130 cm³/mol. The molecule has 2 atom stereocenters. The average molecular weight is 460 g/mol. The van der Waals surface area contributed by atoms with Gasteiger partial charge in [0.2, 0.25) is 11.8 Å². The highest BCUT2D eigenvalue weighted by Gasteiger charge is 2.56. The molecular formula is C26H41N3O4. The Morgan fingerprint density at radius 3 is 2.18 bits per heavy atom. The van der Waals surface area contributed by atoms with Crippen molar-refractivity contribution in [3.05, 3.63) is 35.4 Å². The predicted octanol–water partition coefficient (Wildman–Crippen LogP) is 3.81. The van der Waals surface area contributed by atoms with E-state index in [0.717, 1.165) is 31.2 Å². The maximum absolute atomic E-state index is 13.2. The number of unbranched alkanes of at least 4 members (excludes halogenated alkanes) is 1. The lowest BCUT2D eigenvalue weighted by atomic mass is 9.71. The summed E-state index contributed by atoms with van der Waals surface area (Å²) in [5.41, 5.74) is 1.17. The Labute approximate surface area is 198 Å². The van der Waals surface area contributed by atoms with Crippen LogP contribution in [0.5, 0.6) is 0 Å². The number of rotatable bonds is 12. The zero-order valence-corrected chi connectivity index (χ0v) is 20.7. The number of carbonyl (C=O) groups is 3. The van der Waals surface area contributed by atoms with Gasteiger partial charge in [0.1, 0.15) is 6.04 Å². The summed E-state index contributed by atoms with van der Waals surface area (Å²) in [6.45, 7) is 6.84. The number of hydrogen-bond acceptors (Lipinski definition) is 4. The molecule has 1 aliphatic heterocycles. The van der Waals surface area contributed by atoms with Gasteiger partial charge >= 0.3 is 5.97 Å². The van der Waals surface area contributed by atoms with Crippen LogP contribution in [0.3, 0.4) is 0 Å². The van der Waals surface area contributed by atoms with Crippen molar-refractivity contribution >= 4 is 17.8 Å². The highest BCUT2D eigenvalue weighted by Crippen LogP contribution is 2.41. The van der Waals surface area contributed by atoms with Crippen LogP contribution in [0.15, 0.2) is 24.3 Å². The Bertz CT molecular complexity index is 795. The van der Waals surface area contributed by atoms with Gasteiger partial charge in [0.05, 0.1) is 5.41 Å². The summed E-state index contributed by atoms with van der Waals surface area (Å²) >= 11 is 0. The first-order valence-corrected chi connectivity index (χ1v) is 12.4. The molecule has 0 aliphatic carbocycles. The molecule has 0 spiro atoms. The van der Waals surface area contributed by atoms with Gasteiger partial charge < -0.3 is 10.4 Å². The first kappa shape index (κ1) is 26.8. The number of carboxylic acid groups (broad SMARTS) is 1. The molecule has 1 saturated heterocycles. The van der Waals surface area contributed by atoms with E-state index in [-0.39, 0.29) is 18.2 Å². The fourth-order valence-electron chi connectivity index (χ4n) is 4.87. The monoisotopic (exact) mass is 459 g/mol. The number of hydrogen-bond donors (Lipinski definition) is 2. The number of aryl methyl sites for hydroxylation is 1. The summed E-state index contributed by atoms with van der Waals surface area (Å²) in [7, 11) is 1.53. The van der Waals surface area contributed by atoms with Gasteiger partial charge in [-0.2, -0.15) is 0 Å². The van der Waals surface area contributed by atoms with Crippen molar-refractivity contribution in [2.45, 2.75) is 84.6 Å².